The van der Waals surface area contributed by atoms with Gasteiger partial charge in [0.2, 0.25) is 11.8 Å². The predicted molar refractivity (Wildman–Crippen MR) is 99.7 cm³/mol. The van der Waals surface area contributed by atoms with Gasteiger partial charge in [-0.1, -0.05) is 30.3 Å². The Bertz CT molecular complexity index is 779. The molecule has 2 aromatic rings. The first-order valence-electron chi connectivity index (χ1n) is 8.62. The van der Waals surface area contributed by atoms with Gasteiger partial charge in [-0.3, -0.25) is 9.59 Å². The molecule has 0 aliphatic carbocycles. The third-order valence-electron chi connectivity index (χ3n) is 4.73. The molecule has 2 amide bonds. The SMILES string of the molecule is O=C(NCc1ccc(N2CCCC2=O)cc1)C1Cc2ccccc2S1. The Labute approximate surface area is 151 Å². The van der Waals surface area contributed by atoms with Crippen LogP contribution >= 0.6 is 11.8 Å². The number of benzene rings is 2. The van der Waals surface area contributed by atoms with E-state index in [1.54, 1.807) is 11.8 Å². The summed E-state index contributed by atoms with van der Waals surface area (Å²) in [6.07, 6.45) is 2.36. The number of amides is 2. The molecular weight excluding hydrogens is 332 g/mol. The predicted octanol–water partition coefficient (Wildman–Crippen LogP) is 3.15. The second-order valence-electron chi connectivity index (χ2n) is 6.45. The molecule has 1 unspecified atom stereocenters. The fourth-order valence-corrected chi connectivity index (χ4v) is 4.57. The van der Waals surface area contributed by atoms with Crippen LogP contribution in [0, 0.1) is 0 Å². The Morgan fingerprint density at radius 3 is 2.68 bits per heavy atom. The molecule has 4 rings (SSSR count). The lowest BCUT2D eigenvalue weighted by Gasteiger charge is -2.16. The molecular formula is C20H20N2O2S. The molecule has 0 bridgehead atoms. The van der Waals surface area contributed by atoms with E-state index in [4.69, 9.17) is 0 Å². The molecule has 0 radical (unpaired) electrons. The first-order valence-corrected chi connectivity index (χ1v) is 9.50. The molecule has 4 nitrogen and oxygen atoms in total. The van der Waals surface area contributed by atoms with E-state index in [0.29, 0.717) is 13.0 Å². The van der Waals surface area contributed by atoms with E-state index in [1.807, 2.05) is 41.3 Å². The van der Waals surface area contributed by atoms with E-state index >= 15 is 0 Å². The van der Waals surface area contributed by atoms with Gasteiger partial charge in [0.05, 0.1) is 5.25 Å². The maximum absolute atomic E-state index is 12.4. The van der Waals surface area contributed by atoms with Crippen molar-refractivity contribution < 1.29 is 9.59 Å². The van der Waals surface area contributed by atoms with E-state index in [2.05, 4.69) is 17.4 Å². The zero-order valence-electron chi connectivity index (χ0n) is 13.9. The van der Waals surface area contributed by atoms with Crippen LogP contribution in [-0.2, 0) is 22.6 Å². The molecule has 2 aromatic carbocycles. The van der Waals surface area contributed by atoms with Crippen molar-refractivity contribution in [1.29, 1.82) is 0 Å². The van der Waals surface area contributed by atoms with Crippen LogP contribution in [0.5, 0.6) is 0 Å². The van der Waals surface area contributed by atoms with Crippen molar-refractivity contribution >= 4 is 29.3 Å². The van der Waals surface area contributed by atoms with Crippen LogP contribution < -0.4 is 10.2 Å². The number of nitrogens with one attached hydrogen (secondary N) is 1. The number of rotatable bonds is 4. The van der Waals surface area contributed by atoms with Crippen molar-refractivity contribution in [2.45, 2.75) is 36.0 Å². The molecule has 0 spiro atoms. The van der Waals surface area contributed by atoms with Crippen molar-refractivity contribution in [2.24, 2.45) is 0 Å². The number of carbonyl (C=O) groups is 2. The Balaban J connectivity index is 1.33. The second-order valence-corrected chi connectivity index (χ2v) is 7.70. The molecule has 1 N–H and O–H groups in total. The van der Waals surface area contributed by atoms with Gasteiger partial charge < -0.3 is 10.2 Å². The highest BCUT2D eigenvalue weighted by atomic mass is 32.2. The normalized spacial score (nSPS) is 19.1. The van der Waals surface area contributed by atoms with Gasteiger partial charge in [0.1, 0.15) is 0 Å². The quantitative estimate of drug-likeness (QED) is 0.920. The maximum Gasteiger partial charge on any atom is 0.234 e. The van der Waals surface area contributed by atoms with Gasteiger partial charge in [0.25, 0.3) is 0 Å². The fraction of sp³-hybridized carbons (Fsp3) is 0.300. The molecule has 1 fully saturated rings. The Morgan fingerprint density at radius 2 is 1.96 bits per heavy atom. The topological polar surface area (TPSA) is 49.4 Å². The smallest absolute Gasteiger partial charge is 0.234 e. The highest BCUT2D eigenvalue weighted by Crippen LogP contribution is 2.36. The van der Waals surface area contributed by atoms with Gasteiger partial charge in [-0.05, 0) is 42.2 Å². The van der Waals surface area contributed by atoms with Gasteiger partial charge in [0, 0.05) is 30.1 Å². The van der Waals surface area contributed by atoms with E-state index in [-0.39, 0.29) is 17.1 Å². The molecule has 0 aromatic heterocycles. The van der Waals surface area contributed by atoms with Gasteiger partial charge in [-0.2, -0.15) is 0 Å². The van der Waals surface area contributed by atoms with Crippen LogP contribution in [0.2, 0.25) is 0 Å². The fourth-order valence-electron chi connectivity index (χ4n) is 3.35. The summed E-state index contributed by atoms with van der Waals surface area (Å²) in [4.78, 5) is 27.2. The standard InChI is InChI=1S/C20H20N2O2S/c23-19-6-3-11-22(19)16-9-7-14(8-10-16)13-21-20(24)18-12-15-4-1-2-5-17(15)25-18/h1-2,4-5,7-10,18H,3,6,11-13H2,(H,21,24). The summed E-state index contributed by atoms with van der Waals surface area (Å²) < 4.78 is 0. The maximum atomic E-state index is 12.4. The molecule has 2 aliphatic rings. The Morgan fingerprint density at radius 1 is 1.16 bits per heavy atom. The molecule has 2 aliphatic heterocycles. The molecule has 128 valence electrons. The van der Waals surface area contributed by atoms with Crippen LogP contribution in [0.25, 0.3) is 0 Å². The third-order valence-corrected chi connectivity index (χ3v) is 6.05. The van der Waals surface area contributed by atoms with E-state index in [1.165, 1.54) is 10.5 Å². The van der Waals surface area contributed by atoms with Gasteiger partial charge in [-0.15, -0.1) is 11.8 Å². The first kappa shape index (κ1) is 16.2. The number of thioether (sulfide) groups is 1. The number of carbonyl (C=O) groups excluding carboxylic acids is 2. The number of fused-ring (bicyclic) bond motifs is 1. The van der Waals surface area contributed by atoms with Crippen LogP contribution in [0.1, 0.15) is 24.0 Å². The lowest BCUT2D eigenvalue weighted by molar-refractivity contribution is -0.120. The van der Waals surface area contributed by atoms with Crippen molar-refractivity contribution in [3.8, 4) is 0 Å². The van der Waals surface area contributed by atoms with Crippen LogP contribution in [-0.4, -0.2) is 23.6 Å². The third kappa shape index (κ3) is 3.42. The van der Waals surface area contributed by atoms with Crippen LogP contribution in [0.15, 0.2) is 53.4 Å². The van der Waals surface area contributed by atoms with Gasteiger partial charge in [0.15, 0.2) is 0 Å². The van der Waals surface area contributed by atoms with Crippen LogP contribution in [0.3, 0.4) is 0 Å². The number of hydrogen-bond acceptors (Lipinski definition) is 3. The lowest BCUT2D eigenvalue weighted by Crippen LogP contribution is -2.32. The second kappa shape index (κ2) is 6.92. The minimum atomic E-state index is -0.0427. The van der Waals surface area contributed by atoms with E-state index in [0.717, 1.165) is 30.6 Å². The summed E-state index contributed by atoms with van der Waals surface area (Å²) in [5, 5.41) is 2.99. The molecule has 5 heteroatoms. The Hall–Kier alpha value is -2.27. The highest BCUT2D eigenvalue weighted by Gasteiger charge is 2.27. The van der Waals surface area contributed by atoms with E-state index in [9.17, 15) is 9.59 Å². The minimum Gasteiger partial charge on any atom is -0.351 e. The van der Waals surface area contributed by atoms with E-state index < -0.39 is 0 Å². The van der Waals surface area contributed by atoms with Crippen molar-refractivity contribution in [2.75, 3.05) is 11.4 Å². The number of anilines is 1. The van der Waals surface area contributed by atoms with Gasteiger partial charge in [-0.25, -0.2) is 0 Å². The molecule has 25 heavy (non-hydrogen) atoms. The molecule has 1 atom stereocenters. The first-order chi connectivity index (χ1) is 12.2. The lowest BCUT2D eigenvalue weighted by atomic mass is 10.1. The number of hydrogen-bond donors (Lipinski definition) is 1. The van der Waals surface area contributed by atoms with Crippen molar-refractivity contribution in [3.63, 3.8) is 0 Å². The monoisotopic (exact) mass is 352 g/mol. The summed E-state index contributed by atoms with van der Waals surface area (Å²) in [7, 11) is 0. The summed E-state index contributed by atoms with van der Waals surface area (Å²) in [6.45, 7) is 1.31. The minimum absolute atomic E-state index is 0.0427. The molecule has 2 heterocycles. The molecule has 1 saturated heterocycles. The number of nitrogens with zero attached hydrogens (tertiary/aromatic N) is 1. The average Bonchev–Trinajstić information content (AvgIpc) is 3.26. The van der Waals surface area contributed by atoms with Crippen molar-refractivity contribution in [1.82, 2.24) is 5.32 Å². The zero-order chi connectivity index (χ0) is 17.2. The van der Waals surface area contributed by atoms with Crippen LogP contribution in [0.4, 0.5) is 5.69 Å². The summed E-state index contributed by atoms with van der Waals surface area (Å²) >= 11 is 1.64. The Kier molecular flexibility index (Phi) is 4.49. The summed E-state index contributed by atoms with van der Waals surface area (Å²) in [5.74, 6) is 0.277. The largest absolute Gasteiger partial charge is 0.351 e. The molecule has 0 saturated carbocycles. The summed E-state index contributed by atoms with van der Waals surface area (Å²) in [6, 6.07) is 16.1. The highest BCUT2D eigenvalue weighted by molar-refractivity contribution is 8.01. The zero-order valence-corrected chi connectivity index (χ0v) is 14.7. The van der Waals surface area contributed by atoms with Gasteiger partial charge >= 0.3 is 0 Å². The summed E-state index contributed by atoms with van der Waals surface area (Å²) in [5.41, 5.74) is 3.25. The van der Waals surface area contributed by atoms with Crippen molar-refractivity contribution in [3.05, 3.63) is 59.7 Å². The average molecular weight is 352 g/mol.